The van der Waals surface area contributed by atoms with E-state index in [0.717, 1.165) is 23.2 Å². The molecule has 1 aliphatic heterocycles. The maximum atomic E-state index is 13.4. The average Bonchev–Trinajstić information content (AvgIpc) is 3.11. The average molecular weight is 492 g/mol. The van der Waals surface area contributed by atoms with Gasteiger partial charge in [0.15, 0.2) is 5.78 Å². The number of H-pyrrole nitrogens is 1. The Balaban J connectivity index is 1.37. The fourth-order valence-electron chi connectivity index (χ4n) is 4.92. The molecule has 0 spiro atoms. The second-order valence-corrected chi connectivity index (χ2v) is 9.96. The number of aromatic nitrogens is 3. The molecule has 162 valence electrons. The van der Waals surface area contributed by atoms with Gasteiger partial charge in [0, 0.05) is 11.4 Å². The standard InChI is InChI=1S/C24H22BrN5O2/c1-13-4-7-21(25)27-17(13)10-19(31)18-11-24(2)12-20(24)30(18)22(32)9-14-5-6-16-15(8-14)23(26-3)29-28-16/h4-8,18,20H,9-12H2,1-2H3,(H,28,29)/t18-,20+,24-/m0/s1. The molecular formula is C24H22BrN5O2. The van der Waals surface area contributed by atoms with Gasteiger partial charge >= 0.3 is 0 Å². The Morgan fingerprint density at radius 3 is 2.88 bits per heavy atom. The number of amides is 1. The lowest BCUT2D eigenvalue weighted by atomic mass is 9.96. The van der Waals surface area contributed by atoms with Crippen molar-refractivity contribution in [1.82, 2.24) is 20.1 Å². The van der Waals surface area contributed by atoms with Crippen molar-refractivity contribution in [2.24, 2.45) is 5.41 Å². The van der Waals surface area contributed by atoms with Gasteiger partial charge in [0.05, 0.1) is 24.6 Å². The highest BCUT2D eigenvalue weighted by Gasteiger charge is 2.63. The summed E-state index contributed by atoms with van der Waals surface area (Å²) in [5.74, 6) is 0.372. The summed E-state index contributed by atoms with van der Waals surface area (Å²) in [6.07, 6.45) is 2.07. The number of nitrogens with zero attached hydrogens (tertiary/aromatic N) is 4. The van der Waals surface area contributed by atoms with E-state index in [1.165, 1.54) is 0 Å². The molecule has 1 saturated heterocycles. The topological polar surface area (TPSA) is 83.3 Å². The number of nitrogens with one attached hydrogen (secondary N) is 1. The molecule has 3 atom stereocenters. The summed E-state index contributed by atoms with van der Waals surface area (Å²) in [6, 6.07) is 9.04. The van der Waals surface area contributed by atoms with Gasteiger partial charge in [-0.15, -0.1) is 5.10 Å². The maximum absolute atomic E-state index is 13.4. The molecule has 32 heavy (non-hydrogen) atoms. The number of carbonyl (C=O) groups is 2. The van der Waals surface area contributed by atoms with Crippen LogP contribution in [0, 0.1) is 18.9 Å². The minimum Gasteiger partial charge on any atom is -0.362 e. The van der Waals surface area contributed by atoms with Gasteiger partial charge in [-0.25, -0.2) is 10.1 Å². The molecule has 2 fully saturated rings. The Morgan fingerprint density at radius 2 is 2.09 bits per heavy atom. The molecule has 5 rings (SSSR count). The lowest BCUT2D eigenvalue weighted by Crippen LogP contribution is -2.44. The summed E-state index contributed by atoms with van der Waals surface area (Å²) in [5, 5.41) is 7.55. The van der Waals surface area contributed by atoms with Crippen LogP contribution in [0.2, 0.25) is 0 Å². The number of Topliss-reactive ketones (excluding diaryl/α,β-unsaturated/α-hetero) is 1. The molecule has 1 amide bonds. The maximum Gasteiger partial charge on any atom is 0.257 e. The number of aryl methyl sites for hydroxylation is 1. The number of aromatic amines is 1. The van der Waals surface area contributed by atoms with Crippen LogP contribution in [-0.4, -0.2) is 43.9 Å². The number of hydrogen-bond donors (Lipinski definition) is 1. The number of likely N-dealkylation sites (tertiary alicyclic amines) is 1. The van der Waals surface area contributed by atoms with E-state index in [4.69, 9.17) is 6.57 Å². The van der Waals surface area contributed by atoms with Gasteiger partial charge in [0.1, 0.15) is 10.1 Å². The van der Waals surface area contributed by atoms with Crippen molar-refractivity contribution in [2.75, 3.05) is 0 Å². The van der Waals surface area contributed by atoms with E-state index in [1.54, 1.807) is 0 Å². The highest BCUT2D eigenvalue weighted by Crippen LogP contribution is 2.59. The number of rotatable bonds is 5. The van der Waals surface area contributed by atoms with E-state index < -0.39 is 6.04 Å². The van der Waals surface area contributed by atoms with Crippen LogP contribution >= 0.6 is 15.9 Å². The van der Waals surface area contributed by atoms with Crippen LogP contribution in [0.25, 0.3) is 15.7 Å². The molecule has 0 bridgehead atoms. The van der Waals surface area contributed by atoms with Crippen LogP contribution in [0.4, 0.5) is 5.82 Å². The van der Waals surface area contributed by atoms with E-state index in [1.807, 2.05) is 42.2 Å². The first-order valence-electron chi connectivity index (χ1n) is 10.6. The van der Waals surface area contributed by atoms with Gasteiger partial charge in [-0.05, 0) is 64.4 Å². The van der Waals surface area contributed by atoms with Gasteiger partial charge in [0.2, 0.25) is 5.91 Å². The molecule has 3 aromatic rings. The highest BCUT2D eigenvalue weighted by atomic mass is 79.9. The lowest BCUT2D eigenvalue weighted by molar-refractivity contribution is -0.138. The summed E-state index contributed by atoms with van der Waals surface area (Å²) in [7, 11) is 0. The monoisotopic (exact) mass is 491 g/mol. The van der Waals surface area contributed by atoms with Crippen LogP contribution in [0.1, 0.15) is 36.6 Å². The lowest BCUT2D eigenvalue weighted by Gasteiger charge is -2.27. The largest absolute Gasteiger partial charge is 0.362 e. The zero-order valence-electron chi connectivity index (χ0n) is 17.9. The van der Waals surface area contributed by atoms with E-state index in [9.17, 15) is 9.59 Å². The summed E-state index contributed by atoms with van der Waals surface area (Å²) in [5.41, 5.74) is 3.27. The van der Waals surface area contributed by atoms with Crippen LogP contribution < -0.4 is 0 Å². The van der Waals surface area contributed by atoms with Crippen molar-refractivity contribution in [3.8, 4) is 0 Å². The van der Waals surface area contributed by atoms with Crippen molar-refractivity contribution in [3.05, 3.63) is 63.2 Å². The minimum atomic E-state index is -0.414. The Kier molecular flexibility index (Phi) is 4.90. The van der Waals surface area contributed by atoms with Crippen LogP contribution in [0.15, 0.2) is 34.9 Å². The zero-order chi connectivity index (χ0) is 22.6. The first-order valence-corrected chi connectivity index (χ1v) is 11.4. The molecule has 0 unspecified atom stereocenters. The summed E-state index contributed by atoms with van der Waals surface area (Å²) in [6.45, 7) is 11.4. The van der Waals surface area contributed by atoms with Crippen molar-refractivity contribution in [1.29, 1.82) is 0 Å². The van der Waals surface area contributed by atoms with E-state index in [0.29, 0.717) is 27.7 Å². The Morgan fingerprint density at radius 1 is 1.28 bits per heavy atom. The van der Waals surface area contributed by atoms with Gasteiger partial charge in [-0.3, -0.25) is 9.59 Å². The van der Waals surface area contributed by atoms with Crippen LogP contribution in [0.5, 0.6) is 0 Å². The molecule has 0 radical (unpaired) electrons. The number of fused-ring (bicyclic) bond motifs is 2. The first kappa shape index (κ1) is 20.8. The van der Waals surface area contributed by atoms with Gasteiger partial charge < -0.3 is 9.74 Å². The van der Waals surface area contributed by atoms with Crippen molar-refractivity contribution < 1.29 is 9.59 Å². The van der Waals surface area contributed by atoms with Crippen molar-refractivity contribution >= 4 is 44.3 Å². The number of benzene rings is 1. The molecular weight excluding hydrogens is 470 g/mol. The molecule has 1 aliphatic carbocycles. The van der Waals surface area contributed by atoms with Crippen LogP contribution in [-0.2, 0) is 22.4 Å². The SMILES string of the molecule is [C-]#[N+]c1[nH]nc2ccc(CC(=O)N3[C@H](C(=O)Cc4nc(Br)ccc4C)C[C@@]4(C)C[C@@H]34)cc12. The third-order valence-electron chi connectivity index (χ3n) is 6.87. The first-order chi connectivity index (χ1) is 15.3. The number of piperidine rings is 1. The van der Waals surface area contributed by atoms with Crippen molar-refractivity contribution in [2.45, 2.75) is 51.6 Å². The fraction of sp³-hybridized carbons (Fsp3) is 0.375. The third kappa shape index (κ3) is 3.51. The van der Waals surface area contributed by atoms with Crippen LogP contribution in [0.3, 0.4) is 0 Å². The number of ketones is 1. The normalized spacial score (nSPS) is 23.8. The van der Waals surface area contributed by atoms with E-state index in [-0.39, 0.29) is 36.0 Å². The smallest absolute Gasteiger partial charge is 0.257 e. The molecule has 1 N–H and O–H groups in total. The predicted molar refractivity (Wildman–Crippen MR) is 123 cm³/mol. The Labute approximate surface area is 194 Å². The quantitative estimate of drug-likeness (QED) is 0.425. The Hall–Kier alpha value is -3.05. The second-order valence-electron chi connectivity index (χ2n) is 9.15. The molecule has 1 aromatic carbocycles. The number of hydrogen-bond acceptors (Lipinski definition) is 4. The fourth-order valence-corrected chi connectivity index (χ4v) is 5.27. The predicted octanol–water partition coefficient (Wildman–Crippen LogP) is 4.31. The van der Waals surface area contributed by atoms with E-state index in [2.05, 4.69) is 42.9 Å². The van der Waals surface area contributed by atoms with E-state index >= 15 is 0 Å². The van der Waals surface area contributed by atoms with Gasteiger partial charge in [-0.1, -0.05) is 31.7 Å². The summed E-state index contributed by atoms with van der Waals surface area (Å²) in [4.78, 5) is 36.4. The number of halogens is 1. The minimum absolute atomic E-state index is 0.0293. The molecule has 1 saturated carbocycles. The molecule has 7 nitrogen and oxygen atoms in total. The van der Waals surface area contributed by atoms with Gasteiger partial charge in [-0.2, -0.15) is 0 Å². The van der Waals surface area contributed by atoms with Crippen molar-refractivity contribution in [3.63, 3.8) is 0 Å². The summed E-state index contributed by atoms with van der Waals surface area (Å²) >= 11 is 3.38. The second kappa shape index (κ2) is 7.52. The molecule has 2 aliphatic rings. The third-order valence-corrected chi connectivity index (χ3v) is 7.31. The molecule has 2 aromatic heterocycles. The molecule has 8 heteroatoms. The van der Waals surface area contributed by atoms with Gasteiger partial charge in [0.25, 0.3) is 5.82 Å². The zero-order valence-corrected chi connectivity index (χ0v) is 19.4. The highest BCUT2D eigenvalue weighted by molar-refractivity contribution is 9.10. The Bertz CT molecular complexity index is 1310. The summed E-state index contributed by atoms with van der Waals surface area (Å²) < 4.78 is 0.702. The molecule has 3 heterocycles. The number of pyridine rings is 1. The number of carbonyl (C=O) groups excluding carboxylic acids is 2.